The lowest BCUT2D eigenvalue weighted by atomic mass is 10.2. The van der Waals surface area contributed by atoms with Crippen molar-refractivity contribution in [1.82, 2.24) is 9.97 Å². The first-order valence-electron chi connectivity index (χ1n) is 7.61. The molecule has 0 aliphatic heterocycles. The number of nitrogens with one attached hydrogen (secondary N) is 2. The number of carbonyl (C=O) groups is 1. The van der Waals surface area contributed by atoms with E-state index in [9.17, 15) is 4.79 Å². The van der Waals surface area contributed by atoms with Crippen LogP contribution in [-0.2, 0) is 11.3 Å². The third kappa shape index (κ3) is 3.17. The molecule has 5 nitrogen and oxygen atoms in total. The molecular formula is C17H16N4OS. The predicted octanol–water partition coefficient (Wildman–Crippen LogP) is 3.65. The summed E-state index contributed by atoms with van der Waals surface area (Å²) in [6.07, 6.45) is 3.60. The minimum Gasteiger partial charge on any atom is -0.365 e. The van der Waals surface area contributed by atoms with Crippen molar-refractivity contribution in [3.8, 4) is 0 Å². The van der Waals surface area contributed by atoms with Crippen LogP contribution in [0.1, 0.15) is 18.4 Å². The van der Waals surface area contributed by atoms with Crippen LogP contribution in [0.2, 0.25) is 0 Å². The van der Waals surface area contributed by atoms with E-state index in [0.29, 0.717) is 6.54 Å². The standard InChI is InChI=1S/C17H16N4OS/c22-16(12-4-5-12)21-13-3-1-2-11(8-13)9-18-15-14-6-7-23-17(14)20-10-19-15/h1-3,6-8,10,12H,4-5,9H2,(H,21,22)(H,18,19,20). The number of rotatable bonds is 5. The minimum atomic E-state index is 0.130. The van der Waals surface area contributed by atoms with Gasteiger partial charge in [-0.2, -0.15) is 0 Å². The average molecular weight is 324 g/mol. The Bertz CT molecular complexity index is 856. The molecule has 0 unspecified atom stereocenters. The van der Waals surface area contributed by atoms with E-state index in [0.717, 1.165) is 40.1 Å². The average Bonchev–Trinajstić information content (AvgIpc) is 3.31. The Morgan fingerprint density at radius 2 is 2.17 bits per heavy atom. The van der Waals surface area contributed by atoms with E-state index in [1.165, 1.54) is 0 Å². The summed E-state index contributed by atoms with van der Waals surface area (Å²) in [5, 5.41) is 9.38. The molecule has 4 rings (SSSR count). The van der Waals surface area contributed by atoms with Gasteiger partial charge in [-0.25, -0.2) is 9.97 Å². The van der Waals surface area contributed by atoms with Crippen LogP contribution in [0.4, 0.5) is 11.5 Å². The monoisotopic (exact) mass is 324 g/mol. The zero-order valence-electron chi connectivity index (χ0n) is 12.5. The Morgan fingerprint density at radius 3 is 3.04 bits per heavy atom. The highest BCUT2D eigenvalue weighted by Crippen LogP contribution is 2.30. The summed E-state index contributed by atoms with van der Waals surface area (Å²) in [5.41, 5.74) is 1.95. The summed E-state index contributed by atoms with van der Waals surface area (Å²) in [4.78, 5) is 21.4. The van der Waals surface area contributed by atoms with Crippen LogP contribution in [0.15, 0.2) is 42.0 Å². The molecule has 1 aromatic carbocycles. The van der Waals surface area contributed by atoms with Crippen molar-refractivity contribution in [2.24, 2.45) is 5.92 Å². The molecule has 2 N–H and O–H groups in total. The van der Waals surface area contributed by atoms with Gasteiger partial charge in [-0.3, -0.25) is 4.79 Å². The Balaban J connectivity index is 1.46. The zero-order valence-corrected chi connectivity index (χ0v) is 13.3. The molecule has 0 atom stereocenters. The number of aromatic nitrogens is 2. The first kappa shape index (κ1) is 14.1. The third-order valence-electron chi connectivity index (χ3n) is 3.86. The summed E-state index contributed by atoms with van der Waals surface area (Å²) in [5.74, 6) is 1.18. The lowest BCUT2D eigenvalue weighted by molar-refractivity contribution is -0.117. The molecule has 1 saturated carbocycles. The lowest BCUT2D eigenvalue weighted by Gasteiger charge is -2.09. The van der Waals surface area contributed by atoms with Gasteiger partial charge in [-0.05, 0) is 42.0 Å². The molecule has 3 aromatic rings. The Hall–Kier alpha value is -2.47. The number of nitrogens with zero attached hydrogens (tertiary/aromatic N) is 2. The molecule has 116 valence electrons. The molecule has 2 aromatic heterocycles. The van der Waals surface area contributed by atoms with Gasteiger partial charge in [0.05, 0.1) is 5.39 Å². The van der Waals surface area contributed by atoms with Crippen molar-refractivity contribution in [1.29, 1.82) is 0 Å². The zero-order chi connectivity index (χ0) is 15.6. The van der Waals surface area contributed by atoms with Gasteiger partial charge in [-0.1, -0.05) is 12.1 Å². The van der Waals surface area contributed by atoms with Crippen molar-refractivity contribution in [3.63, 3.8) is 0 Å². The van der Waals surface area contributed by atoms with E-state index in [1.807, 2.05) is 35.7 Å². The van der Waals surface area contributed by atoms with Crippen LogP contribution in [-0.4, -0.2) is 15.9 Å². The first-order valence-corrected chi connectivity index (χ1v) is 8.49. The Labute approximate surface area is 137 Å². The van der Waals surface area contributed by atoms with Crippen molar-refractivity contribution in [3.05, 3.63) is 47.6 Å². The lowest BCUT2D eigenvalue weighted by Crippen LogP contribution is -2.13. The number of thiophene rings is 1. The molecule has 0 radical (unpaired) electrons. The number of anilines is 2. The molecule has 1 amide bonds. The molecule has 1 aliphatic rings. The summed E-state index contributed by atoms with van der Waals surface area (Å²) < 4.78 is 0. The molecule has 6 heteroatoms. The minimum absolute atomic E-state index is 0.130. The first-order chi connectivity index (χ1) is 11.3. The van der Waals surface area contributed by atoms with E-state index in [2.05, 4.69) is 20.6 Å². The van der Waals surface area contributed by atoms with Crippen molar-refractivity contribution in [2.45, 2.75) is 19.4 Å². The highest BCUT2D eigenvalue weighted by Gasteiger charge is 2.29. The third-order valence-corrected chi connectivity index (χ3v) is 4.69. The molecule has 0 saturated heterocycles. The molecule has 0 spiro atoms. The number of amides is 1. The second-order valence-electron chi connectivity index (χ2n) is 5.68. The fraction of sp³-hybridized carbons (Fsp3) is 0.235. The van der Waals surface area contributed by atoms with Crippen molar-refractivity contribution >= 4 is 39.0 Å². The summed E-state index contributed by atoms with van der Waals surface area (Å²) >= 11 is 1.60. The largest absolute Gasteiger partial charge is 0.365 e. The van der Waals surface area contributed by atoms with Crippen molar-refractivity contribution in [2.75, 3.05) is 10.6 Å². The maximum atomic E-state index is 11.8. The molecule has 0 bridgehead atoms. The molecule has 2 heterocycles. The van der Waals surface area contributed by atoms with Gasteiger partial charge in [0, 0.05) is 18.2 Å². The van der Waals surface area contributed by atoms with E-state index >= 15 is 0 Å². The van der Waals surface area contributed by atoms with E-state index in [-0.39, 0.29) is 11.8 Å². The van der Waals surface area contributed by atoms with Crippen LogP contribution in [0, 0.1) is 5.92 Å². The normalized spacial score (nSPS) is 13.9. The van der Waals surface area contributed by atoms with E-state index < -0.39 is 0 Å². The van der Waals surface area contributed by atoms with Crippen LogP contribution >= 0.6 is 11.3 Å². The smallest absolute Gasteiger partial charge is 0.227 e. The summed E-state index contributed by atoms with van der Waals surface area (Å²) in [6, 6.07) is 9.94. The second kappa shape index (κ2) is 5.96. The number of fused-ring (bicyclic) bond motifs is 1. The van der Waals surface area contributed by atoms with Gasteiger partial charge >= 0.3 is 0 Å². The van der Waals surface area contributed by atoms with E-state index in [1.54, 1.807) is 17.7 Å². The highest BCUT2D eigenvalue weighted by molar-refractivity contribution is 7.16. The summed E-state index contributed by atoms with van der Waals surface area (Å²) in [7, 11) is 0. The second-order valence-corrected chi connectivity index (χ2v) is 6.57. The Morgan fingerprint density at radius 1 is 1.26 bits per heavy atom. The molecule has 1 aliphatic carbocycles. The Kier molecular flexibility index (Phi) is 3.67. The van der Waals surface area contributed by atoms with Crippen LogP contribution < -0.4 is 10.6 Å². The maximum absolute atomic E-state index is 11.8. The van der Waals surface area contributed by atoms with Crippen LogP contribution in [0.25, 0.3) is 10.2 Å². The quantitative estimate of drug-likeness (QED) is 0.752. The molecular weight excluding hydrogens is 308 g/mol. The SMILES string of the molecule is O=C(Nc1cccc(CNc2ncnc3sccc23)c1)C1CC1. The van der Waals surface area contributed by atoms with Gasteiger partial charge in [0.25, 0.3) is 0 Å². The fourth-order valence-electron chi connectivity index (χ4n) is 2.47. The van der Waals surface area contributed by atoms with Gasteiger partial charge in [0.1, 0.15) is 17.0 Å². The number of benzene rings is 1. The molecule has 23 heavy (non-hydrogen) atoms. The van der Waals surface area contributed by atoms with Gasteiger partial charge in [-0.15, -0.1) is 11.3 Å². The molecule has 1 fully saturated rings. The number of hydrogen-bond acceptors (Lipinski definition) is 5. The van der Waals surface area contributed by atoms with E-state index in [4.69, 9.17) is 0 Å². The van der Waals surface area contributed by atoms with Gasteiger partial charge in [0.2, 0.25) is 5.91 Å². The predicted molar refractivity (Wildman–Crippen MR) is 92.5 cm³/mol. The summed E-state index contributed by atoms with van der Waals surface area (Å²) in [6.45, 7) is 0.648. The number of hydrogen-bond donors (Lipinski definition) is 2. The maximum Gasteiger partial charge on any atom is 0.227 e. The van der Waals surface area contributed by atoms with Gasteiger partial charge in [0.15, 0.2) is 0 Å². The van der Waals surface area contributed by atoms with Crippen LogP contribution in [0.5, 0.6) is 0 Å². The number of carbonyl (C=O) groups excluding carboxylic acids is 1. The van der Waals surface area contributed by atoms with Crippen LogP contribution in [0.3, 0.4) is 0 Å². The highest BCUT2D eigenvalue weighted by atomic mass is 32.1. The topological polar surface area (TPSA) is 66.9 Å². The van der Waals surface area contributed by atoms with Gasteiger partial charge < -0.3 is 10.6 Å². The van der Waals surface area contributed by atoms with Crippen molar-refractivity contribution < 1.29 is 4.79 Å². The fourth-order valence-corrected chi connectivity index (χ4v) is 3.20.